The zero-order valence-corrected chi connectivity index (χ0v) is 12.4. The van der Waals surface area contributed by atoms with Crippen LogP contribution in [0.4, 0.5) is 0 Å². The van der Waals surface area contributed by atoms with Crippen LogP contribution in [0.2, 0.25) is 0 Å². The van der Waals surface area contributed by atoms with Gasteiger partial charge in [0.1, 0.15) is 5.75 Å². The van der Waals surface area contributed by atoms with Crippen LogP contribution in [0, 0.1) is 0 Å². The van der Waals surface area contributed by atoms with Crippen molar-refractivity contribution < 1.29 is 5.11 Å². The summed E-state index contributed by atoms with van der Waals surface area (Å²) < 4.78 is 0. The van der Waals surface area contributed by atoms with E-state index in [1.807, 2.05) is 42.5 Å². The van der Waals surface area contributed by atoms with Gasteiger partial charge in [-0.3, -0.25) is 0 Å². The van der Waals surface area contributed by atoms with Gasteiger partial charge >= 0.3 is 0 Å². The molecule has 0 spiro atoms. The van der Waals surface area contributed by atoms with E-state index in [0.717, 1.165) is 16.9 Å². The number of hydrogen-bond donors (Lipinski definition) is 1. The molecule has 104 valence electrons. The Balaban J connectivity index is 1.81. The second-order valence-corrected chi connectivity index (χ2v) is 5.87. The fourth-order valence-corrected chi connectivity index (χ4v) is 3.07. The van der Waals surface area contributed by atoms with E-state index in [1.165, 1.54) is 10.5 Å². The molecule has 0 atom stereocenters. The number of phenolic OH excluding ortho intramolecular Hbond substituents is 1. The highest BCUT2D eigenvalue weighted by atomic mass is 32.2. The molecule has 0 saturated heterocycles. The lowest BCUT2D eigenvalue weighted by Crippen LogP contribution is -1.85. The highest BCUT2D eigenvalue weighted by Crippen LogP contribution is 2.32. The molecule has 0 heterocycles. The molecule has 1 N–H and O–H groups in total. The smallest absolute Gasteiger partial charge is 0.123 e. The normalized spacial score (nSPS) is 10.5. The minimum absolute atomic E-state index is 0.328. The molecule has 3 aromatic carbocycles. The molecule has 0 bridgehead atoms. The van der Waals surface area contributed by atoms with Crippen LogP contribution in [-0.2, 0) is 5.75 Å². The molecule has 0 saturated carbocycles. The van der Waals surface area contributed by atoms with Crippen molar-refractivity contribution in [1.82, 2.24) is 0 Å². The van der Waals surface area contributed by atoms with Crippen molar-refractivity contribution >= 4 is 11.8 Å². The maximum atomic E-state index is 10.1. The lowest BCUT2D eigenvalue weighted by atomic mass is 10.0. The van der Waals surface area contributed by atoms with Crippen molar-refractivity contribution in [2.45, 2.75) is 10.6 Å². The van der Waals surface area contributed by atoms with E-state index in [9.17, 15) is 5.11 Å². The zero-order chi connectivity index (χ0) is 14.5. The summed E-state index contributed by atoms with van der Waals surface area (Å²) in [5.74, 6) is 1.22. The van der Waals surface area contributed by atoms with Crippen LogP contribution in [0.15, 0.2) is 83.8 Å². The van der Waals surface area contributed by atoms with Crippen LogP contribution in [0.25, 0.3) is 11.1 Å². The maximum absolute atomic E-state index is 10.1. The molecule has 0 aliphatic carbocycles. The van der Waals surface area contributed by atoms with Crippen LogP contribution in [0.1, 0.15) is 5.56 Å². The second kappa shape index (κ2) is 6.51. The van der Waals surface area contributed by atoms with Crippen molar-refractivity contribution in [3.8, 4) is 16.9 Å². The molecule has 0 amide bonds. The Hall–Kier alpha value is -2.19. The topological polar surface area (TPSA) is 20.2 Å². The molecule has 3 aromatic rings. The van der Waals surface area contributed by atoms with Gasteiger partial charge < -0.3 is 5.11 Å². The van der Waals surface area contributed by atoms with E-state index in [1.54, 1.807) is 17.8 Å². The third kappa shape index (κ3) is 3.47. The lowest BCUT2D eigenvalue weighted by molar-refractivity contribution is 0.477. The molecule has 2 heteroatoms. The van der Waals surface area contributed by atoms with Crippen LogP contribution >= 0.6 is 11.8 Å². The van der Waals surface area contributed by atoms with Crippen LogP contribution in [-0.4, -0.2) is 5.11 Å². The van der Waals surface area contributed by atoms with E-state index in [4.69, 9.17) is 0 Å². The van der Waals surface area contributed by atoms with E-state index < -0.39 is 0 Å². The van der Waals surface area contributed by atoms with Crippen LogP contribution < -0.4 is 0 Å². The van der Waals surface area contributed by atoms with Gasteiger partial charge in [0.15, 0.2) is 0 Å². The predicted octanol–water partition coefficient (Wildman–Crippen LogP) is 5.35. The molecule has 0 aliphatic heterocycles. The number of thioether (sulfide) groups is 1. The maximum Gasteiger partial charge on any atom is 0.123 e. The van der Waals surface area contributed by atoms with Gasteiger partial charge in [-0.1, -0.05) is 54.6 Å². The minimum Gasteiger partial charge on any atom is -0.507 e. The van der Waals surface area contributed by atoms with Gasteiger partial charge in [0.2, 0.25) is 0 Å². The summed E-state index contributed by atoms with van der Waals surface area (Å²) in [7, 11) is 0. The fraction of sp³-hybridized carbons (Fsp3) is 0.0526. The summed E-state index contributed by atoms with van der Waals surface area (Å²) in [6.07, 6.45) is 0. The second-order valence-electron chi connectivity index (χ2n) is 4.82. The number of phenols is 1. The Labute approximate surface area is 129 Å². The molecule has 21 heavy (non-hydrogen) atoms. The molecular formula is C19H16OS. The molecule has 0 radical (unpaired) electrons. The first kappa shape index (κ1) is 13.8. The summed E-state index contributed by atoms with van der Waals surface area (Å²) >= 11 is 1.80. The van der Waals surface area contributed by atoms with Gasteiger partial charge in [0.25, 0.3) is 0 Å². The Kier molecular flexibility index (Phi) is 4.27. The monoisotopic (exact) mass is 292 g/mol. The Morgan fingerprint density at radius 2 is 1.43 bits per heavy atom. The third-order valence-corrected chi connectivity index (χ3v) is 4.38. The number of hydrogen-bond acceptors (Lipinski definition) is 2. The molecule has 0 fully saturated rings. The summed E-state index contributed by atoms with van der Waals surface area (Å²) in [4.78, 5) is 1.26. The number of aromatic hydroxyl groups is 1. The largest absolute Gasteiger partial charge is 0.507 e. The number of rotatable bonds is 4. The lowest BCUT2D eigenvalue weighted by Gasteiger charge is -2.08. The molecule has 3 rings (SSSR count). The first-order chi connectivity index (χ1) is 10.3. The minimum atomic E-state index is 0.328. The quantitative estimate of drug-likeness (QED) is 0.654. The van der Waals surface area contributed by atoms with Crippen molar-refractivity contribution in [1.29, 1.82) is 0 Å². The zero-order valence-electron chi connectivity index (χ0n) is 11.6. The Bertz CT molecular complexity index is 708. The summed E-state index contributed by atoms with van der Waals surface area (Å²) in [6.45, 7) is 0. The van der Waals surface area contributed by atoms with Crippen LogP contribution in [0.3, 0.4) is 0 Å². The van der Waals surface area contributed by atoms with E-state index in [0.29, 0.717) is 5.75 Å². The van der Waals surface area contributed by atoms with Crippen molar-refractivity contribution in [3.05, 3.63) is 84.4 Å². The van der Waals surface area contributed by atoms with Crippen LogP contribution in [0.5, 0.6) is 5.75 Å². The van der Waals surface area contributed by atoms with Gasteiger partial charge in [-0.25, -0.2) is 0 Å². The molecule has 1 nitrogen and oxygen atoms in total. The summed E-state index contributed by atoms with van der Waals surface area (Å²) in [5.41, 5.74) is 3.14. The van der Waals surface area contributed by atoms with E-state index in [2.05, 4.69) is 30.3 Å². The number of benzene rings is 3. The van der Waals surface area contributed by atoms with Crippen molar-refractivity contribution in [2.75, 3.05) is 0 Å². The van der Waals surface area contributed by atoms with Gasteiger partial charge in [0, 0.05) is 16.2 Å². The molecule has 0 aromatic heterocycles. The highest BCUT2D eigenvalue weighted by molar-refractivity contribution is 7.98. The Morgan fingerprint density at radius 3 is 2.14 bits per heavy atom. The van der Waals surface area contributed by atoms with E-state index in [-0.39, 0.29) is 0 Å². The Morgan fingerprint density at radius 1 is 0.762 bits per heavy atom. The third-order valence-electron chi connectivity index (χ3n) is 3.29. The predicted molar refractivity (Wildman–Crippen MR) is 89.5 cm³/mol. The molecule has 0 aliphatic rings. The van der Waals surface area contributed by atoms with Gasteiger partial charge in [0.05, 0.1) is 0 Å². The fourth-order valence-electron chi connectivity index (χ4n) is 2.21. The van der Waals surface area contributed by atoms with Gasteiger partial charge in [-0.15, -0.1) is 11.8 Å². The average Bonchev–Trinajstić information content (AvgIpc) is 2.56. The first-order valence-electron chi connectivity index (χ1n) is 6.88. The highest BCUT2D eigenvalue weighted by Gasteiger charge is 2.05. The first-order valence-corrected chi connectivity index (χ1v) is 7.86. The summed E-state index contributed by atoms with van der Waals surface area (Å²) in [5, 5.41) is 10.1. The average molecular weight is 292 g/mol. The SMILES string of the molecule is Oc1ccc(CSc2ccccc2)cc1-c1ccccc1. The van der Waals surface area contributed by atoms with Crippen molar-refractivity contribution in [2.24, 2.45) is 0 Å². The van der Waals surface area contributed by atoms with Gasteiger partial charge in [-0.05, 0) is 35.4 Å². The standard InChI is InChI=1S/C19H16OS/c20-19-12-11-15(14-21-17-9-5-2-6-10-17)13-18(19)16-7-3-1-4-8-16/h1-13,20H,14H2. The molecule has 0 unspecified atom stereocenters. The summed E-state index contributed by atoms with van der Waals surface area (Å²) in [6, 6.07) is 26.2. The molecular weight excluding hydrogens is 276 g/mol. The van der Waals surface area contributed by atoms with E-state index >= 15 is 0 Å². The van der Waals surface area contributed by atoms with Gasteiger partial charge in [-0.2, -0.15) is 0 Å². The van der Waals surface area contributed by atoms with Crippen molar-refractivity contribution in [3.63, 3.8) is 0 Å².